The average Bonchev–Trinajstić information content (AvgIpc) is 3.12. The van der Waals surface area contributed by atoms with Gasteiger partial charge in [0.05, 0.1) is 23.4 Å². The quantitative estimate of drug-likeness (QED) is 0.444. The van der Waals surface area contributed by atoms with Crippen molar-refractivity contribution in [1.82, 2.24) is 15.3 Å². The number of aliphatic hydroxyl groups is 1. The molecule has 1 amide bonds. The highest BCUT2D eigenvalue weighted by molar-refractivity contribution is 6.00. The van der Waals surface area contributed by atoms with Crippen molar-refractivity contribution in [3.05, 3.63) is 42.4 Å². The van der Waals surface area contributed by atoms with E-state index in [0.717, 1.165) is 11.2 Å². The van der Waals surface area contributed by atoms with Gasteiger partial charge in [0.25, 0.3) is 5.91 Å². The molecule has 0 aliphatic carbocycles. The number of halogens is 1. The first-order chi connectivity index (χ1) is 14.1. The predicted molar refractivity (Wildman–Crippen MR) is 114 cm³/mol. The molecule has 0 fully saturated rings. The lowest BCUT2D eigenvalue weighted by Gasteiger charge is -2.23. The van der Waals surface area contributed by atoms with Gasteiger partial charge in [0.15, 0.2) is 12.0 Å². The van der Waals surface area contributed by atoms with Crippen molar-refractivity contribution in [1.29, 1.82) is 0 Å². The number of oxazole rings is 1. The minimum Gasteiger partial charge on any atom is -0.443 e. The lowest BCUT2D eigenvalue weighted by Crippen LogP contribution is -2.42. The van der Waals surface area contributed by atoms with Crippen LogP contribution in [0.5, 0.6) is 0 Å². The summed E-state index contributed by atoms with van der Waals surface area (Å²) >= 11 is 0. The highest BCUT2D eigenvalue weighted by atomic mass is 19.1. The number of hydrogen-bond acceptors (Lipinski definition) is 7. The van der Waals surface area contributed by atoms with Crippen molar-refractivity contribution in [3.63, 3.8) is 0 Å². The van der Waals surface area contributed by atoms with Crippen molar-refractivity contribution in [2.75, 3.05) is 17.2 Å². The third-order valence-electron chi connectivity index (χ3n) is 4.40. The van der Waals surface area contributed by atoms with Gasteiger partial charge in [-0.15, -0.1) is 0 Å². The van der Waals surface area contributed by atoms with Crippen LogP contribution >= 0.6 is 0 Å². The molecule has 0 saturated heterocycles. The zero-order valence-corrected chi connectivity index (χ0v) is 17.4. The lowest BCUT2D eigenvalue weighted by molar-refractivity contribution is -0.00177. The van der Waals surface area contributed by atoms with Crippen molar-refractivity contribution in [3.8, 4) is 0 Å². The first kappa shape index (κ1) is 21.5. The Hall–Kier alpha value is -3.20. The monoisotopic (exact) mass is 415 g/mol. The number of fused-ring (bicyclic) bond motifs is 1. The minimum atomic E-state index is -1.59. The number of carbonyl (C=O) groups excluding carboxylic acids is 1. The van der Waals surface area contributed by atoms with Crippen molar-refractivity contribution >= 4 is 34.2 Å². The zero-order valence-electron chi connectivity index (χ0n) is 17.4. The number of nitrogens with zero attached hydrogens (tertiary/aromatic N) is 2. The number of amides is 1. The average molecular weight is 415 g/mol. The van der Waals surface area contributed by atoms with E-state index in [1.165, 1.54) is 26.4 Å². The summed E-state index contributed by atoms with van der Waals surface area (Å²) in [5.41, 5.74) is 1.44. The van der Waals surface area contributed by atoms with Crippen LogP contribution in [0.1, 0.15) is 38.1 Å². The molecule has 1 atom stereocenters. The fraction of sp³-hybridized carbons (Fsp3) is 0.381. The molecular formula is C21H26FN5O3. The van der Waals surface area contributed by atoms with E-state index < -0.39 is 17.7 Å². The van der Waals surface area contributed by atoms with Gasteiger partial charge in [-0.1, -0.05) is 0 Å². The number of rotatable bonds is 8. The molecule has 0 radical (unpaired) electrons. The second-order valence-electron chi connectivity index (χ2n) is 7.91. The van der Waals surface area contributed by atoms with Crippen LogP contribution in [0.4, 0.5) is 21.6 Å². The highest BCUT2D eigenvalue weighted by Crippen LogP contribution is 2.25. The summed E-state index contributed by atoms with van der Waals surface area (Å²) < 4.78 is 19.3. The smallest absolute Gasteiger partial charge is 0.255 e. The number of aromatic nitrogens is 2. The molecule has 160 valence electrons. The minimum absolute atomic E-state index is 0.0580. The van der Waals surface area contributed by atoms with E-state index >= 15 is 0 Å². The van der Waals surface area contributed by atoms with Gasteiger partial charge in [-0.3, -0.25) is 4.79 Å². The molecule has 30 heavy (non-hydrogen) atoms. The third-order valence-corrected chi connectivity index (χ3v) is 4.40. The molecule has 2 aromatic heterocycles. The molecule has 1 unspecified atom stereocenters. The highest BCUT2D eigenvalue weighted by Gasteiger charge is 2.27. The van der Waals surface area contributed by atoms with Crippen LogP contribution in [0.25, 0.3) is 11.1 Å². The number of pyridine rings is 1. The van der Waals surface area contributed by atoms with Crippen LogP contribution < -0.4 is 16.0 Å². The molecule has 0 saturated carbocycles. The van der Waals surface area contributed by atoms with E-state index in [1.54, 1.807) is 12.1 Å². The van der Waals surface area contributed by atoms with E-state index in [1.807, 2.05) is 26.0 Å². The Morgan fingerprint density at radius 2 is 2.03 bits per heavy atom. The van der Waals surface area contributed by atoms with Crippen LogP contribution in [-0.2, 0) is 0 Å². The van der Waals surface area contributed by atoms with Gasteiger partial charge in [-0.2, -0.15) is 0 Å². The molecule has 8 nitrogen and oxygen atoms in total. The van der Waals surface area contributed by atoms with Crippen LogP contribution in [0.15, 0.2) is 41.3 Å². The molecule has 9 heteroatoms. The molecule has 3 rings (SSSR count). The van der Waals surface area contributed by atoms with E-state index in [0.29, 0.717) is 17.1 Å². The summed E-state index contributed by atoms with van der Waals surface area (Å²) in [5.74, 6) is 0.0422. The molecule has 0 bridgehead atoms. The first-order valence-electron chi connectivity index (χ1n) is 9.65. The Labute approximate surface area is 173 Å². The fourth-order valence-electron chi connectivity index (χ4n) is 2.74. The predicted octanol–water partition coefficient (Wildman–Crippen LogP) is 3.63. The Balaban J connectivity index is 1.79. The summed E-state index contributed by atoms with van der Waals surface area (Å²) in [7, 11) is 0. The van der Waals surface area contributed by atoms with Gasteiger partial charge < -0.3 is 25.5 Å². The summed E-state index contributed by atoms with van der Waals surface area (Å²) in [5, 5.41) is 18.6. The van der Waals surface area contributed by atoms with Crippen LogP contribution in [0.3, 0.4) is 0 Å². The molecular weight excluding hydrogens is 389 g/mol. The summed E-state index contributed by atoms with van der Waals surface area (Å²) in [6, 6.07) is 7.25. The zero-order chi connectivity index (χ0) is 21.9. The second kappa shape index (κ2) is 8.66. The third kappa shape index (κ3) is 5.24. The Morgan fingerprint density at radius 3 is 2.73 bits per heavy atom. The van der Waals surface area contributed by atoms with Crippen LogP contribution in [0, 0.1) is 0 Å². The van der Waals surface area contributed by atoms with Crippen molar-refractivity contribution in [2.45, 2.75) is 45.5 Å². The van der Waals surface area contributed by atoms with Crippen molar-refractivity contribution < 1.29 is 18.7 Å². The molecule has 1 aromatic carbocycles. The van der Waals surface area contributed by atoms with Gasteiger partial charge >= 0.3 is 0 Å². The van der Waals surface area contributed by atoms with Gasteiger partial charge in [-0.25, -0.2) is 14.4 Å². The molecule has 4 N–H and O–H groups in total. The molecule has 2 heterocycles. The Kier molecular flexibility index (Phi) is 6.21. The van der Waals surface area contributed by atoms with Gasteiger partial charge in [0.1, 0.15) is 17.5 Å². The first-order valence-corrected chi connectivity index (χ1v) is 9.65. The largest absolute Gasteiger partial charge is 0.443 e. The topological polar surface area (TPSA) is 112 Å². The summed E-state index contributed by atoms with van der Waals surface area (Å²) in [6.07, 6.45) is 1.21. The van der Waals surface area contributed by atoms with Gasteiger partial charge in [-0.05, 0) is 39.8 Å². The van der Waals surface area contributed by atoms with Gasteiger partial charge in [0.2, 0.25) is 0 Å². The standard InChI is InChI=1S/C21H26FN5O3/c1-12(2)26-16-8-19(27-13-5-6-15-17(7-13)30-11-25-15)23-9-14(16)20(28)24-10-18(22)21(3,4)29/h5-9,11-12,18,29H,10H2,1-4H3,(H,24,28)(H2,23,26,27). The fourth-order valence-corrected chi connectivity index (χ4v) is 2.74. The molecule has 0 aliphatic rings. The maximum absolute atomic E-state index is 14.0. The lowest BCUT2D eigenvalue weighted by atomic mass is 10.0. The number of benzene rings is 1. The number of carbonyl (C=O) groups is 1. The number of anilines is 3. The summed E-state index contributed by atoms with van der Waals surface area (Å²) in [6.45, 7) is 6.29. The van der Waals surface area contributed by atoms with E-state index in [2.05, 4.69) is 25.9 Å². The normalized spacial score (nSPS) is 12.8. The van der Waals surface area contributed by atoms with E-state index in [-0.39, 0.29) is 18.2 Å². The maximum Gasteiger partial charge on any atom is 0.255 e. The molecule has 3 aromatic rings. The van der Waals surface area contributed by atoms with Gasteiger partial charge in [0, 0.05) is 30.1 Å². The van der Waals surface area contributed by atoms with Crippen molar-refractivity contribution in [2.24, 2.45) is 0 Å². The Morgan fingerprint density at radius 1 is 1.27 bits per heavy atom. The SMILES string of the molecule is CC(C)Nc1cc(Nc2ccc3ncoc3c2)ncc1C(=O)NCC(F)C(C)(C)O. The maximum atomic E-state index is 14.0. The summed E-state index contributed by atoms with van der Waals surface area (Å²) in [4.78, 5) is 21.0. The second-order valence-corrected chi connectivity index (χ2v) is 7.91. The van der Waals surface area contributed by atoms with Crippen LogP contribution in [0.2, 0.25) is 0 Å². The molecule has 0 spiro atoms. The van der Waals surface area contributed by atoms with Crippen LogP contribution in [-0.4, -0.2) is 45.3 Å². The number of alkyl halides is 1. The van der Waals surface area contributed by atoms with E-state index in [9.17, 15) is 14.3 Å². The number of hydrogen-bond donors (Lipinski definition) is 4. The molecule has 0 aliphatic heterocycles. The Bertz CT molecular complexity index is 1030. The number of nitrogens with one attached hydrogen (secondary N) is 3. The van der Waals surface area contributed by atoms with E-state index in [4.69, 9.17) is 4.42 Å².